The van der Waals surface area contributed by atoms with E-state index >= 15 is 0 Å². The highest BCUT2D eigenvalue weighted by Crippen LogP contribution is 2.20. The van der Waals surface area contributed by atoms with Crippen LogP contribution in [0.5, 0.6) is 5.75 Å². The van der Waals surface area contributed by atoms with Gasteiger partial charge in [-0.3, -0.25) is 19.4 Å². The number of H-pyrrole nitrogens is 1. The van der Waals surface area contributed by atoms with Gasteiger partial charge in [0, 0.05) is 23.8 Å². The molecule has 31 heavy (non-hydrogen) atoms. The number of amides is 2. The van der Waals surface area contributed by atoms with Crippen molar-refractivity contribution in [2.75, 3.05) is 23.4 Å². The third kappa shape index (κ3) is 4.35. The molecule has 9 nitrogen and oxygen atoms in total. The molecule has 2 N–H and O–H groups in total. The Morgan fingerprint density at radius 2 is 2.03 bits per heavy atom. The van der Waals surface area contributed by atoms with Crippen LogP contribution in [-0.4, -0.2) is 41.0 Å². The minimum absolute atomic E-state index is 0.00428. The van der Waals surface area contributed by atoms with Crippen molar-refractivity contribution in [3.05, 3.63) is 45.3 Å². The second kappa shape index (κ2) is 8.71. The van der Waals surface area contributed by atoms with Crippen LogP contribution < -0.4 is 31.2 Å². The Kier molecular flexibility index (Phi) is 5.83. The number of benzene rings is 1. The Bertz CT molecular complexity index is 1190. The number of aromatic amines is 1. The molecule has 1 aromatic heterocycles. The van der Waals surface area contributed by atoms with Gasteiger partial charge in [0.25, 0.3) is 17.4 Å². The van der Waals surface area contributed by atoms with E-state index in [0.29, 0.717) is 24.0 Å². The molecule has 2 aliphatic rings. The molecule has 2 aromatic rings. The summed E-state index contributed by atoms with van der Waals surface area (Å²) in [4.78, 5) is 51.2. The summed E-state index contributed by atoms with van der Waals surface area (Å²) in [5.74, 6) is 0.0473. The molecule has 1 saturated heterocycles. The highest BCUT2D eigenvalue weighted by molar-refractivity contribution is 6.23. The summed E-state index contributed by atoms with van der Waals surface area (Å²) in [6, 6.07) is 7.09. The quantitative estimate of drug-likeness (QED) is 0.738. The molecule has 9 heteroatoms. The third-order valence-corrected chi connectivity index (χ3v) is 5.52. The van der Waals surface area contributed by atoms with Gasteiger partial charge in [-0.25, -0.2) is 0 Å². The first-order chi connectivity index (χ1) is 15.0. The summed E-state index contributed by atoms with van der Waals surface area (Å²) in [5.41, 5.74) is 0.131. The average molecular weight is 423 g/mol. The molecule has 2 amide bonds. The van der Waals surface area contributed by atoms with Crippen molar-refractivity contribution < 1.29 is 14.3 Å². The normalized spacial score (nSPS) is 18.3. The van der Waals surface area contributed by atoms with Crippen LogP contribution >= 0.6 is 0 Å². The van der Waals surface area contributed by atoms with E-state index in [0.717, 1.165) is 25.8 Å². The van der Waals surface area contributed by atoms with E-state index in [1.807, 2.05) is 11.8 Å². The molecule has 1 fully saturated rings. The van der Waals surface area contributed by atoms with E-state index in [1.54, 1.807) is 24.3 Å². The molecule has 0 aliphatic carbocycles. The predicted molar refractivity (Wildman–Crippen MR) is 116 cm³/mol. The Morgan fingerprint density at radius 1 is 1.26 bits per heavy atom. The molecular formula is C22H25N5O4. The van der Waals surface area contributed by atoms with Gasteiger partial charge >= 0.3 is 0 Å². The van der Waals surface area contributed by atoms with Gasteiger partial charge in [-0.1, -0.05) is 0 Å². The smallest absolute Gasteiger partial charge is 0.262 e. The third-order valence-electron chi connectivity index (χ3n) is 5.52. The summed E-state index contributed by atoms with van der Waals surface area (Å²) in [6.07, 6.45) is 2.88. The SMILES string of the molecule is CCOc1ccc(NC(=O)C2=c3c(nc(N4CCCCC4C)[nH]c3=O)=NC(=O)C2)cc1. The molecule has 3 heterocycles. The molecule has 1 atom stereocenters. The van der Waals surface area contributed by atoms with Crippen LogP contribution in [0.1, 0.15) is 39.5 Å². The second-order valence-electron chi connectivity index (χ2n) is 7.70. The summed E-state index contributed by atoms with van der Waals surface area (Å²) in [7, 11) is 0. The summed E-state index contributed by atoms with van der Waals surface area (Å²) >= 11 is 0. The number of anilines is 2. The largest absolute Gasteiger partial charge is 0.494 e. The average Bonchev–Trinajstić information content (AvgIpc) is 2.74. The number of nitrogens with zero attached hydrogens (tertiary/aromatic N) is 3. The van der Waals surface area contributed by atoms with Crippen molar-refractivity contribution in [1.82, 2.24) is 9.97 Å². The van der Waals surface area contributed by atoms with E-state index in [2.05, 4.69) is 27.2 Å². The lowest BCUT2D eigenvalue weighted by atomic mass is 10.0. The first-order valence-electron chi connectivity index (χ1n) is 10.5. The monoisotopic (exact) mass is 423 g/mol. The van der Waals surface area contributed by atoms with Gasteiger partial charge < -0.3 is 15.0 Å². The Balaban J connectivity index is 1.70. The van der Waals surface area contributed by atoms with Crippen LogP contribution in [0.4, 0.5) is 11.6 Å². The van der Waals surface area contributed by atoms with Crippen molar-refractivity contribution >= 4 is 29.0 Å². The van der Waals surface area contributed by atoms with Gasteiger partial charge in [0.05, 0.1) is 18.2 Å². The molecule has 2 aliphatic heterocycles. The van der Waals surface area contributed by atoms with Crippen LogP contribution in [0.15, 0.2) is 34.1 Å². The maximum atomic E-state index is 12.9. The number of ether oxygens (including phenoxy) is 1. The molecular weight excluding hydrogens is 398 g/mol. The van der Waals surface area contributed by atoms with E-state index < -0.39 is 17.4 Å². The van der Waals surface area contributed by atoms with Crippen LogP contribution in [0.3, 0.4) is 0 Å². The van der Waals surface area contributed by atoms with Gasteiger partial charge in [0.1, 0.15) is 5.75 Å². The molecule has 0 spiro atoms. The zero-order chi connectivity index (χ0) is 22.0. The zero-order valence-electron chi connectivity index (χ0n) is 17.6. The highest BCUT2D eigenvalue weighted by Gasteiger charge is 2.25. The molecule has 4 rings (SSSR count). The number of nitrogens with one attached hydrogen (secondary N) is 2. The fraction of sp³-hybridized carbons (Fsp3) is 0.409. The van der Waals surface area contributed by atoms with E-state index in [1.165, 1.54) is 0 Å². The Hall–Kier alpha value is -3.49. The topological polar surface area (TPSA) is 117 Å². The number of aromatic nitrogens is 2. The number of rotatable bonds is 5. The molecule has 162 valence electrons. The number of hydrogen-bond donors (Lipinski definition) is 2. The lowest BCUT2D eigenvalue weighted by Crippen LogP contribution is -2.51. The maximum absolute atomic E-state index is 12.9. The van der Waals surface area contributed by atoms with Gasteiger partial charge in [0.2, 0.25) is 5.95 Å². The van der Waals surface area contributed by atoms with Crippen molar-refractivity contribution in [1.29, 1.82) is 0 Å². The molecule has 0 radical (unpaired) electrons. The van der Waals surface area contributed by atoms with Crippen LogP contribution in [-0.2, 0) is 9.59 Å². The molecule has 1 aromatic carbocycles. The number of piperidine rings is 1. The summed E-state index contributed by atoms with van der Waals surface area (Å²) in [5, 5.41) is 2.79. The number of carbonyl (C=O) groups excluding carboxylic acids is 2. The van der Waals surface area contributed by atoms with Gasteiger partial charge in [0.15, 0.2) is 5.49 Å². The van der Waals surface area contributed by atoms with E-state index in [9.17, 15) is 14.4 Å². The number of fused-ring (bicyclic) bond motifs is 1. The lowest BCUT2D eigenvalue weighted by molar-refractivity contribution is -0.118. The van der Waals surface area contributed by atoms with Crippen molar-refractivity contribution in [2.24, 2.45) is 4.99 Å². The minimum Gasteiger partial charge on any atom is -0.494 e. The standard InChI is InChI=1S/C22H25N5O4/c1-3-31-15-9-7-14(8-10-15)23-20(29)16-12-17(28)24-19-18(16)21(30)26-22(25-19)27-11-5-4-6-13(27)2/h7-10,13H,3-6,11-12H2,1-2H3,(H,23,29)(H,24,25,26,28,30). The number of carbonyl (C=O) groups is 2. The molecule has 0 bridgehead atoms. The zero-order valence-corrected chi connectivity index (χ0v) is 17.6. The summed E-state index contributed by atoms with van der Waals surface area (Å²) in [6.45, 7) is 5.27. The van der Waals surface area contributed by atoms with E-state index in [4.69, 9.17) is 4.74 Å². The fourth-order valence-corrected chi connectivity index (χ4v) is 3.95. The molecule has 1 unspecified atom stereocenters. The van der Waals surface area contributed by atoms with Gasteiger partial charge in [-0.05, 0) is 57.4 Å². The minimum atomic E-state index is -0.528. The van der Waals surface area contributed by atoms with Crippen LogP contribution in [0, 0.1) is 0 Å². The first-order valence-corrected chi connectivity index (χ1v) is 10.5. The first kappa shape index (κ1) is 20.8. The maximum Gasteiger partial charge on any atom is 0.262 e. The van der Waals surface area contributed by atoms with Gasteiger partial charge in [-0.15, -0.1) is 0 Å². The van der Waals surface area contributed by atoms with Crippen molar-refractivity contribution in [2.45, 2.75) is 45.6 Å². The highest BCUT2D eigenvalue weighted by atomic mass is 16.5. The number of hydrogen-bond acceptors (Lipinski definition) is 6. The van der Waals surface area contributed by atoms with Crippen molar-refractivity contribution in [3.63, 3.8) is 0 Å². The fourth-order valence-electron chi connectivity index (χ4n) is 3.95. The molecule has 0 saturated carbocycles. The van der Waals surface area contributed by atoms with E-state index in [-0.39, 0.29) is 28.7 Å². The predicted octanol–water partition coefficient (Wildman–Crippen LogP) is 0.887. The van der Waals surface area contributed by atoms with Crippen LogP contribution in [0.25, 0.3) is 5.57 Å². The summed E-state index contributed by atoms with van der Waals surface area (Å²) < 4.78 is 5.39. The lowest BCUT2D eigenvalue weighted by Gasteiger charge is -2.33. The van der Waals surface area contributed by atoms with Crippen molar-refractivity contribution in [3.8, 4) is 5.75 Å². The van der Waals surface area contributed by atoms with Crippen LogP contribution in [0.2, 0.25) is 0 Å². The Morgan fingerprint density at radius 3 is 2.74 bits per heavy atom. The second-order valence-corrected chi connectivity index (χ2v) is 7.70. The Labute approximate surface area is 178 Å². The van der Waals surface area contributed by atoms with Gasteiger partial charge in [-0.2, -0.15) is 9.98 Å².